The van der Waals surface area contributed by atoms with E-state index in [1.807, 2.05) is 12.3 Å². The largest absolute Gasteiger partial charge is 0.375 e. The zero-order valence-corrected chi connectivity index (χ0v) is 14.3. The van der Waals surface area contributed by atoms with E-state index in [2.05, 4.69) is 51.3 Å². The zero-order valence-electron chi connectivity index (χ0n) is 13.5. The number of benzene rings is 1. The molecule has 0 fully saturated rings. The van der Waals surface area contributed by atoms with Crippen molar-refractivity contribution in [3.63, 3.8) is 0 Å². The van der Waals surface area contributed by atoms with E-state index in [0.717, 1.165) is 38.0 Å². The number of nitrogens with zero attached hydrogens (tertiary/aromatic N) is 3. The third-order valence-corrected chi connectivity index (χ3v) is 5.40. The molecular formula is C19H20N4S. The maximum absolute atomic E-state index is 5.81. The lowest BCUT2D eigenvalue weighted by Gasteiger charge is -2.17. The molecule has 0 radical (unpaired) electrons. The standard InChI is InChI=1S/C19H20N4S/c20-19-22-17-7-11-23(12-8-18(17)24-19)10-2-3-14-5-6-16-15(13-14)4-1-9-21-16/h1-6,9,13H,7-8,10-12H2,(H2,20,22)/b3-2+. The smallest absolute Gasteiger partial charge is 0.180 e. The fraction of sp³-hybridized carbons (Fsp3) is 0.263. The summed E-state index contributed by atoms with van der Waals surface area (Å²) in [4.78, 5) is 12.6. The van der Waals surface area contributed by atoms with E-state index >= 15 is 0 Å². The Labute approximate surface area is 145 Å². The summed E-state index contributed by atoms with van der Waals surface area (Å²) >= 11 is 1.64. The first-order valence-electron chi connectivity index (χ1n) is 8.26. The Hall–Kier alpha value is -2.24. The third-order valence-electron chi connectivity index (χ3n) is 4.42. The Morgan fingerprint density at radius 1 is 1.21 bits per heavy atom. The van der Waals surface area contributed by atoms with Crippen molar-refractivity contribution in [3.8, 4) is 0 Å². The van der Waals surface area contributed by atoms with Crippen LogP contribution in [0.3, 0.4) is 0 Å². The number of nitrogen functional groups attached to an aromatic ring is 1. The van der Waals surface area contributed by atoms with Gasteiger partial charge >= 0.3 is 0 Å². The minimum atomic E-state index is 0.708. The van der Waals surface area contributed by atoms with Gasteiger partial charge < -0.3 is 5.73 Å². The van der Waals surface area contributed by atoms with Gasteiger partial charge in [0.15, 0.2) is 5.13 Å². The van der Waals surface area contributed by atoms with Gasteiger partial charge in [0.2, 0.25) is 0 Å². The van der Waals surface area contributed by atoms with E-state index in [1.165, 1.54) is 21.5 Å². The molecule has 3 aromatic rings. The van der Waals surface area contributed by atoms with Crippen LogP contribution in [0.4, 0.5) is 5.13 Å². The number of nitrogens with two attached hydrogens (primary N) is 1. The highest BCUT2D eigenvalue weighted by Crippen LogP contribution is 2.24. The first-order chi connectivity index (χ1) is 11.8. The number of fused-ring (bicyclic) bond motifs is 2. The molecule has 0 aliphatic carbocycles. The maximum atomic E-state index is 5.81. The van der Waals surface area contributed by atoms with Crippen LogP contribution >= 0.6 is 11.3 Å². The molecule has 3 heterocycles. The summed E-state index contributed by atoms with van der Waals surface area (Å²) in [6, 6.07) is 10.5. The van der Waals surface area contributed by atoms with Gasteiger partial charge in [-0.05, 0) is 30.2 Å². The summed E-state index contributed by atoms with van der Waals surface area (Å²) in [5.74, 6) is 0. The van der Waals surface area contributed by atoms with E-state index in [1.54, 1.807) is 11.3 Å². The van der Waals surface area contributed by atoms with Crippen molar-refractivity contribution in [2.24, 2.45) is 0 Å². The van der Waals surface area contributed by atoms with Crippen LogP contribution < -0.4 is 5.73 Å². The van der Waals surface area contributed by atoms with Crippen molar-refractivity contribution in [3.05, 3.63) is 58.7 Å². The summed E-state index contributed by atoms with van der Waals surface area (Å²) in [6.45, 7) is 3.08. The van der Waals surface area contributed by atoms with Crippen LogP contribution in [0.5, 0.6) is 0 Å². The topological polar surface area (TPSA) is 55.0 Å². The van der Waals surface area contributed by atoms with E-state index in [-0.39, 0.29) is 0 Å². The number of rotatable bonds is 3. The van der Waals surface area contributed by atoms with Gasteiger partial charge in [0.25, 0.3) is 0 Å². The van der Waals surface area contributed by atoms with Crippen molar-refractivity contribution in [1.82, 2.24) is 14.9 Å². The number of anilines is 1. The number of thiazole rings is 1. The Bertz CT molecular complexity index is 858. The second-order valence-electron chi connectivity index (χ2n) is 6.08. The van der Waals surface area contributed by atoms with E-state index in [0.29, 0.717) is 5.13 Å². The average molecular weight is 336 g/mol. The molecule has 0 atom stereocenters. The van der Waals surface area contributed by atoms with Crippen molar-refractivity contribution < 1.29 is 0 Å². The van der Waals surface area contributed by atoms with Gasteiger partial charge in [-0.3, -0.25) is 9.88 Å². The molecule has 2 N–H and O–H groups in total. The van der Waals surface area contributed by atoms with Gasteiger partial charge in [0.1, 0.15) is 0 Å². The number of pyridine rings is 1. The van der Waals surface area contributed by atoms with Crippen LogP contribution in [-0.2, 0) is 12.8 Å². The van der Waals surface area contributed by atoms with Crippen LogP contribution in [0.1, 0.15) is 16.1 Å². The van der Waals surface area contributed by atoms with Crippen molar-refractivity contribution >= 4 is 33.4 Å². The summed E-state index contributed by atoms with van der Waals surface area (Å²) in [6.07, 6.45) is 8.33. The van der Waals surface area contributed by atoms with Crippen LogP contribution in [0.25, 0.3) is 17.0 Å². The fourth-order valence-corrected chi connectivity index (χ4v) is 4.01. The lowest BCUT2D eigenvalue weighted by Crippen LogP contribution is -2.26. The van der Waals surface area contributed by atoms with E-state index in [9.17, 15) is 0 Å². The predicted octanol–water partition coefficient (Wildman–Crippen LogP) is 3.39. The van der Waals surface area contributed by atoms with Gasteiger partial charge in [-0.1, -0.05) is 24.3 Å². The van der Waals surface area contributed by atoms with E-state index < -0.39 is 0 Å². The summed E-state index contributed by atoms with van der Waals surface area (Å²) in [5.41, 5.74) is 9.27. The molecule has 0 saturated heterocycles. The molecule has 4 nitrogen and oxygen atoms in total. The Kier molecular flexibility index (Phi) is 4.28. The predicted molar refractivity (Wildman–Crippen MR) is 101 cm³/mol. The van der Waals surface area contributed by atoms with Crippen LogP contribution in [0, 0.1) is 0 Å². The molecule has 5 heteroatoms. The lowest BCUT2D eigenvalue weighted by molar-refractivity contribution is 0.318. The Morgan fingerprint density at radius 2 is 2.12 bits per heavy atom. The molecule has 1 aromatic carbocycles. The quantitative estimate of drug-likeness (QED) is 0.796. The first kappa shape index (κ1) is 15.3. The molecule has 0 unspecified atom stereocenters. The molecule has 1 aliphatic heterocycles. The summed E-state index contributed by atoms with van der Waals surface area (Å²) < 4.78 is 0. The molecule has 1 aliphatic rings. The highest BCUT2D eigenvalue weighted by atomic mass is 32.1. The molecule has 0 amide bonds. The van der Waals surface area contributed by atoms with Gasteiger partial charge in [-0.15, -0.1) is 11.3 Å². The molecule has 0 saturated carbocycles. The van der Waals surface area contributed by atoms with Crippen molar-refractivity contribution in [1.29, 1.82) is 0 Å². The van der Waals surface area contributed by atoms with Gasteiger partial charge in [0.05, 0.1) is 11.2 Å². The number of hydrogen-bond donors (Lipinski definition) is 1. The van der Waals surface area contributed by atoms with Crippen LogP contribution in [0.2, 0.25) is 0 Å². The highest BCUT2D eigenvalue weighted by Gasteiger charge is 2.16. The van der Waals surface area contributed by atoms with Gasteiger partial charge in [0, 0.05) is 42.5 Å². The Balaban J connectivity index is 1.39. The number of hydrogen-bond acceptors (Lipinski definition) is 5. The van der Waals surface area contributed by atoms with Crippen molar-refractivity contribution in [2.45, 2.75) is 12.8 Å². The fourth-order valence-electron chi connectivity index (χ4n) is 3.15. The van der Waals surface area contributed by atoms with Crippen molar-refractivity contribution in [2.75, 3.05) is 25.4 Å². The monoisotopic (exact) mass is 336 g/mol. The maximum Gasteiger partial charge on any atom is 0.180 e. The molecule has 0 bridgehead atoms. The van der Waals surface area contributed by atoms with Gasteiger partial charge in [-0.25, -0.2) is 4.98 Å². The minimum absolute atomic E-state index is 0.708. The third kappa shape index (κ3) is 3.32. The number of aromatic nitrogens is 2. The molecule has 24 heavy (non-hydrogen) atoms. The second kappa shape index (κ2) is 6.71. The first-order valence-corrected chi connectivity index (χ1v) is 9.07. The normalized spacial score (nSPS) is 15.7. The molecule has 0 spiro atoms. The summed E-state index contributed by atoms with van der Waals surface area (Å²) in [5, 5.41) is 1.89. The minimum Gasteiger partial charge on any atom is -0.375 e. The molecule has 4 rings (SSSR count). The molecule has 2 aromatic heterocycles. The molecule has 122 valence electrons. The summed E-state index contributed by atoms with van der Waals surface area (Å²) in [7, 11) is 0. The lowest BCUT2D eigenvalue weighted by atomic mass is 10.1. The van der Waals surface area contributed by atoms with Crippen LogP contribution in [-0.4, -0.2) is 34.5 Å². The SMILES string of the molecule is Nc1nc2c(s1)CCN(C/C=C/c1ccc3ncccc3c1)CC2. The Morgan fingerprint density at radius 3 is 3.08 bits per heavy atom. The highest BCUT2D eigenvalue weighted by molar-refractivity contribution is 7.15. The molecular weight excluding hydrogens is 316 g/mol. The van der Waals surface area contributed by atoms with Crippen LogP contribution in [0.15, 0.2) is 42.6 Å². The average Bonchev–Trinajstić information content (AvgIpc) is 2.86. The second-order valence-corrected chi connectivity index (χ2v) is 7.20. The zero-order chi connectivity index (χ0) is 16.4. The van der Waals surface area contributed by atoms with E-state index in [4.69, 9.17) is 5.73 Å². The van der Waals surface area contributed by atoms with Gasteiger partial charge in [-0.2, -0.15) is 0 Å².